The molecule has 0 atom stereocenters. The van der Waals surface area contributed by atoms with Crippen LogP contribution in [-0.2, 0) is 5.75 Å². The van der Waals surface area contributed by atoms with Crippen LogP contribution >= 0.6 is 23.1 Å². The topological polar surface area (TPSA) is 54.9 Å². The van der Waals surface area contributed by atoms with Crippen LogP contribution in [0.15, 0.2) is 77.3 Å². The summed E-state index contributed by atoms with van der Waals surface area (Å²) in [7, 11) is 0. The summed E-state index contributed by atoms with van der Waals surface area (Å²) >= 11 is 2.88. The number of rotatable bonds is 6. The number of nitrogens with one attached hydrogen (secondary N) is 1. The van der Waals surface area contributed by atoms with E-state index >= 15 is 0 Å². The lowest BCUT2D eigenvalue weighted by atomic mass is 10.2. The largest absolute Gasteiger partial charge is 0.298 e. The van der Waals surface area contributed by atoms with Gasteiger partial charge in [-0.1, -0.05) is 6.07 Å². The second-order valence-corrected chi connectivity index (χ2v) is 8.20. The molecule has 4 rings (SSSR count). The molecule has 0 saturated heterocycles. The first-order valence-corrected chi connectivity index (χ1v) is 10.8. The summed E-state index contributed by atoms with van der Waals surface area (Å²) in [5.41, 5.74) is 2.55. The minimum Gasteiger partial charge on any atom is -0.298 e. The van der Waals surface area contributed by atoms with E-state index in [4.69, 9.17) is 0 Å². The normalized spacial score (nSPS) is 10.7. The number of benzene rings is 2. The summed E-state index contributed by atoms with van der Waals surface area (Å²) in [6, 6.07) is 14.8. The van der Waals surface area contributed by atoms with Crippen LogP contribution < -0.4 is 5.32 Å². The van der Waals surface area contributed by atoms with Crippen LogP contribution in [0.2, 0.25) is 0 Å². The third-order valence-corrected chi connectivity index (χ3v) is 6.03. The monoisotopic (exact) mass is 439 g/mol. The maximum Gasteiger partial charge on any atom is 0.257 e. The van der Waals surface area contributed by atoms with Crippen molar-refractivity contribution in [2.75, 3.05) is 5.32 Å². The highest BCUT2D eigenvalue weighted by Crippen LogP contribution is 2.27. The Hall–Kier alpha value is -3.10. The molecule has 0 fully saturated rings. The van der Waals surface area contributed by atoms with Gasteiger partial charge in [-0.15, -0.1) is 23.1 Å². The van der Waals surface area contributed by atoms with Crippen LogP contribution in [0.5, 0.6) is 0 Å². The first-order chi connectivity index (χ1) is 14.6. The van der Waals surface area contributed by atoms with Crippen molar-refractivity contribution < 1.29 is 13.6 Å². The smallest absolute Gasteiger partial charge is 0.257 e. The highest BCUT2D eigenvalue weighted by Gasteiger charge is 2.12. The van der Waals surface area contributed by atoms with Gasteiger partial charge in [-0.25, -0.2) is 13.8 Å². The van der Waals surface area contributed by atoms with Gasteiger partial charge in [0.2, 0.25) is 0 Å². The number of thioether (sulfide) groups is 1. The Bertz CT molecular complexity index is 1160. The number of carbonyl (C=O) groups excluding carboxylic acids is 1. The van der Waals surface area contributed by atoms with Crippen molar-refractivity contribution in [2.45, 2.75) is 10.6 Å². The Morgan fingerprint density at radius 1 is 1.07 bits per heavy atom. The molecule has 0 aliphatic heterocycles. The van der Waals surface area contributed by atoms with Gasteiger partial charge in [-0.05, 0) is 54.1 Å². The van der Waals surface area contributed by atoms with E-state index < -0.39 is 11.6 Å². The highest BCUT2D eigenvalue weighted by molar-refractivity contribution is 7.98. The zero-order chi connectivity index (χ0) is 20.9. The lowest BCUT2D eigenvalue weighted by Gasteiger charge is -2.05. The van der Waals surface area contributed by atoms with E-state index in [1.54, 1.807) is 35.5 Å². The van der Waals surface area contributed by atoms with Crippen molar-refractivity contribution in [1.29, 1.82) is 0 Å². The maximum absolute atomic E-state index is 13.4. The Balaban J connectivity index is 1.38. The number of anilines is 1. The average Bonchev–Trinajstić information content (AvgIpc) is 3.24. The molecule has 8 heteroatoms. The van der Waals surface area contributed by atoms with Gasteiger partial charge in [0.15, 0.2) is 16.8 Å². The molecular weight excluding hydrogens is 424 g/mol. The van der Waals surface area contributed by atoms with Crippen molar-refractivity contribution in [2.24, 2.45) is 0 Å². The molecule has 0 aliphatic carbocycles. The standard InChI is InChI=1S/C22H15F2N3OS2/c23-18-8-5-16(10-19(18)24)20-13-30-22(26-20)27-21(28)15-3-6-17(7-4-15)29-12-14-2-1-9-25-11-14/h1-11,13H,12H2,(H,26,27,28). The molecule has 0 aliphatic rings. The number of amides is 1. The lowest BCUT2D eigenvalue weighted by Crippen LogP contribution is -2.11. The molecule has 0 spiro atoms. The number of carbonyl (C=O) groups is 1. The molecule has 2 heterocycles. The van der Waals surface area contributed by atoms with Crippen molar-refractivity contribution in [3.63, 3.8) is 0 Å². The lowest BCUT2D eigenvalue weighted by molar-refractivity contribution is 0.102. The molecule has 2 aromatic heterocycles. The zero-order valence-corrected chi connectivity index (χ0v) is 17.1. The van der Waals surface area contributed by atoms with Gasteiger partial charge in [-0.3, -0.25) is 15.1 Å². The van der Waals surface area contributed by atoms with E-state index in [2.05, 4.69) is 15.3 Å². The second kappa shape index (κ2) is 9.15. The fraction of sp³-hybridized carbons (Fsp3) is 0.0455. The number of thiazole rings is 1. The second-order valence-electron chi connectivity index (χ2n) is 6.30. The molecule has 0 radical (unpaired) electrons. The molecule has 0 unspecified atom stereocenters. The van der Waals surface area contributed by atoms with Crippen molar-refractivity contribution in [3.05, 3.63) is 95.1 Å². The fourth-order valence-corrected chi connectivity index (χ4v) is 4.19. The van der Waals surface area contributed by atoms with E-state index in [1.807, 2.05) is 30.5 Å². The van der Waals surface area contributed by atoms with E-state index in [9.17, 15) is 13.6 Å². The van der Waals surface area contributed by atoms with Gasteiger partial charge in [-0.2, -0.15) is 0 Å². The van der Waals surface area contributed by atoms with Gasteiger partial charge in [0.25, 0.3) is 5.91 Å². The molecule has 0 saturated carbocycles. The Kier molecular flexibility index (Phi) is 6.15. The third-order valence-electron chi connectivity index (χ3n) is 4.18. The summed E-state index contributed by atoms with van der Waals surface area (Å²) < 4.78 is 26.5. The summed E-state index contributed by atoms with van der Waals surface area (Å²) in [6.07, 6.45) is 3.57. The van der Waals surface area contributed by atoms with Crippen molar-refractivity contribution in [3.8, 4) is 11.3 Å². The maximum atomic E-state index is 13.4. The van der Waals surface area contributed by atoms with Crippen LogP contribution in [0, 0.1) is 11.6 Å². The van der Waals surface area contributed by atoms with E-state index in [0.29, 0.717) is 22.0 Å². The molecule has 0 bridgehead atoms. The predicted octanol–water partition coefficient (Wildman–Crippen LogP) is 6.03. The van der Waals surface area contributed by atoms with Crippen LogP contribution in [0.1, 0.15) is 15.9 Å². The zero-order valence-electron chi connectivity index (χ0n) is 15.5. The Morgan fingerprint density at radius 2 is 1.90 bits per heavy atom. The first-order valence-electron chi connectivity index (χ1n) is 8.92. The molecule has 150 valence electrons. The molecule has 2 aromatic carbocycles. The molecule has 30 heavy (non-hydrogen) atoms. The van der Waals surface area contributed by atoms with Crippen LogP contribution in [0.3, 0.4) is 0 Å². The van der Waals surface area contributed by atoms with Gasteiger partial charge in [0.1, 0.15) is 0 Å². The highest BCUT2D eigenvalue weighted by atomic mass is 32.2. The first kappa shape index (κ1) is 20.2. The van der Waals surface area contributed by atoms with E-state index in [1.165, 1.54) is 17.4 Å². The van der Waals surface area contributed by atoms with Gasteiger partial charge in [0, 0.05) is 39.5 Å². The summed E-state index contributed by atoms with van der Waals surface area (Å²) in [5.74, 6) is -1.34. The van der Waals surface area contributed by atoms with Gasteiger partial charge in [0.05, 0.1) is 5.69 Å². The molecular formula is C22H15F2N3OS2. The average molecular weight is 440 g/mol. The van der Waals surface area contributed by atoms with E-state index in [-0.39, 0.29) is 5.91 Å². The number of hydrogen-bond donors (Lipinski definition) is 1. The minimum atomic E-state index is -0.937. The molecule has 1 amide bonds. The van der Waals surface area contributed by atoms with Gasteiger partial charge >= 0.3 is 0 Å². The summed E-state index contributed by atoms with van der Waals surface area (Å²) in [6.45, 7) is 0. The Labute approximate surface area is 180 Å². The molecule has 4 aromatic rings. The van der Waals surface area contributed by atoms with Crippen molar-refractivity contribution in [1.82, 2.24) is 9.97 Å². The number of pyridine rings is 1. The van der Waals surface area contributed by atoms with Crippen LogP contribution in [0.25, 0.3) is 11.3 Å². The SMILES string of the molecule is O=C(Nc1nc(-c2ccc(F)c(F)c2)cs1)c1ccc(SCc2cccnc2)cc1. The fourth-order valence-electron chi connectivity index (χ4n) is 2.64. The number of aromatic nitrogens is 2. The summed E-state index contributed by atoms with van der Waals surface area (Å²) in [4.78, 5) is 21.9. The Morgan fingerprint density at radius 3 is 2.63 bits per heavy atom. The number of nitrogens with zero attached hydrogens (tertiary/aromatic N) is 2. The molecule has 4 nitrogen and oxygen atoms in total. The molecule has 1 N–H and O–H groups in total. The number of hydrogen-bond acceptors (Lipinski definition) is 5. The van der Waals surface area contributed by atoms with E-state index in [0.717, 1.165) is 28.3 Å². The minimum absolute atomic E-state index is 0.287. The van der Waals surface area contributed by atoms with Crippen LogP contribution in [0.4, 0.5) is 13.9 Å². The third kappa shape index (κ3) is 4.90. The quantitative estimate of drug-likeness (QED) is 0.373. The predicted molar refractivity (Wildman–Crippen MR) is 116 cm³/mol. The van der Waals surface area contributed by atoms with Gasteiger partial charge < -0.3 is 0 Å². The van der Waals surface area contributed by atoms with Crippen molar-refractivity contribution >= 4 is 34.1 Å². The van der Waals surface area contributed by atoms with Crippen LogP contribution in [-0.4, -0.2) is 15.9 Å². The number of halogens is 2. The summed E-state index contributed by atoms with van der Waals surface area (Å²) in [5, 5.41) is 4.80.